The number of hydrogen-bond acceptors (Lipinski definition) is 10. The highest BCUT2D eigenvalue weighted by molar-refractivity contribution is 7.91. The zero-order valence-electron chi connectivity index (χ0n) is 50.7. The fourth-order valence-corrected chi connectivity index (χ4v) is 14.1. The van der Waals surface area contributed by atoms with Gasteiger partial charge in [0.2, 0.25) is 7.49 Å². The average Bonchev–Trinajstić information content (AvgIpc) is 0.785. The van der Waals surface area contributed by atoms with Crippen LogP contribution in [0.25, 0.3) is 113 Å². The topological polar surface area (TPSA) is 129 Å². The lowest BCUT2D eigenvalue weighted by atomic mass is 10.0. The van der Waals surface area contributed by atoms with Crippen LogP contribution in [0.4, 0.5) is 0 Å². The van der Waals surface area contributed by atoms with E-state index in [1.54, 1.807) is 0 Å². The number of nitrogens with zero attached hydrogens (tertiary/aromatic N) is 7. The maximum atomic E-state index is 13.4. The summed E-state index contributed by atoms with van der Waals surface area (Å²) >= 11 is 0. The van der Waals surface area contributed by atoms with E-state index >= 15 is 0 Å². The summed E-state index contributed by atoms with van der Waals surface area (Å²) in [5.74, 6) is 6.20. The SMILES string of the molecule is O[P+](c1ccccc1)(c1ccc(-c2ccc(Oc3ccc(-c4nc(-c5ccccc5)nc(-c5ccccc5)n4)cc3)cc2)cc1)c1cccc(-c2cccc(-c3nc(-c4ccccc4)nc(-c4ccc(Oc5ccc(-c6ccc(-c7ccccn7)cc6)cc5)cc4)n3)c2)c1. The molecule has 12 aromatic carbocycles. The van der Waals surface area contributed by atoms with Crippen molar-refractivity contribution in [1.82, 2.24) is 34.9 Å². The largest absolute Gasteiger partial charge is 0.457 e. The molecule has 94 heavy (non-hydrogen) atoms. The Hall–Kier alpha value is -12.2. The highest BCUT2D eigenvalue weighted by atomic mass is 31.2. The molecule has 446 valence electrons. The first kappa shape index (κ1) is 58.2. The molecule has 15 aromatic rings. The molecule has 1 N–H and O–H groups in total. The highest BCUT2D eigenvalue weighted by Crippen LogP contribution is 2.52. The van der Waals surface area contributed by atoms with Gasteiger partial charge in [0.15, 0.2) is 34.9 Å². The molecule has 3 heterocycles. The Morgan fingerprint density at radius 2 is 0.500 bits per heavy atom. The normalized spacial score (nSPS) is 11.8. The van der Waals surface area contributed by atoms with Gasteiger partial charge in [0.1, 0.15) is 38.9 Å². The van der Waals surface area contributed by atoms with Crippen LogP contribution in [0.15, 0.2) is 340 Å². The summed E-state index contributed by atoms with van der Waals surface area (Å²) in [5, 5.41) is 2.51. The van der Waals surface area contributed by atoms with E-state index in [-0.39, 0.29) is 0 Å². The van der Waals surface area contributed by atoms with E-state index in [0.717, 1.165) is 99.7 Å². The fraction of sp³-hybridized carbons (Fsp3) is 0. The Bertz CT molecular complexity index is 5020. The lowest BCUT2D eigenvalue weighted by Crippen LogP contribution is -2.30. The summed E-state index contributed by atoms with van der Waals surface area (Å²) in [5.41, 5.74) is 13.3. The zero-order chi connectivity index (χ0) is 63.1. The fourth-order valence-electron chi connectivity index (χ4n) is 11.4. The molecule has 0 aliphatic heterocycles. The van der Waals surface area contributed by atoms with Gasteiger partial charge in [-0.05, 0) is 161 Å². The average molecular weight is 1230 g/mol. The molecule has 11 heteroatoms. The molecule has 0 fully saturated rings. The second-order valence-corrected chi connectivity index (χ2v) is 25.3. The molecular weight excluding hydrogens is 1170 g/mol. The van der Waals surface area contributed by atoms with Crippen molar-refractivity contribution in [2.24, 2.45) is 0 Å². The standard InChI is InChI=1S/C83H57N7O3P/c91-94(74-26-11-4-12-27-74,75-52-42-60(43-53-75)59-36-46-71(47-37-59)93-72-48-38-65(39-49-72)81-86-78(62-17-5-1-6-18-62)85-79(87-81)63-19-7-2-8-20-63)76-28-16-24-68(56-76)67-23-15-25-69(55-67)83-89-80(64-21-9-3-10-22-64)88-82(90-83)66-40-50-73(51-41-66)92-70-44-34-58(35-45-70)57-30-32-61(33-31-57)77-29-13-14-54-84-77/h1-56,91H/q+1. The second-order valence-electron chi connectivity index (χ2n) is 22.5. The molecule has 1 atom stereocenters. The van der Waals surface area contributed by atoms with Crippen molar-refractivity contribution in [2.45, 2.75) is 0 Å². The van der Waals surface area contributed by atoms with Crippen LogP contribution in [-0.2, 0) is 0 Å². The zero-order valence-corrected chi connectivity index (χ0v) is 51.6. The number of hydrogen-bond donors (Lipinski definition) is 1. The molecule has 1 unspecified atom stereocenters. The third-order valence-electron chi connectivity index (χ3n) is 16.3. The van der Waals surface area contributed by atoms with Crippen LogP contribution in [-0.4, -0.2) is 39.8 Å². The summed E-state index contributed by atoms with van der Waals surface area (Å²) in [4.78, 5) is 47.6. The van der Waals surface area contributed by atoms with Crippen molar-refractivity contribution in [3.8, 4) is 136 Å². The van der Waals surface area contributed by atoms with Crippen molar-refractivity contribution >= 4 is 23.4 Å². The highest BCUT2D eigenvalue weighted by Gasteiger charge is 2.44. The summed E-state index contributed by atoms with van der Waals surface area (Å²) in [6.07, 6.45) is 1.81. The Labute approximate surface area is 545 Å². The quantitative estimate of drug-likeness (QED) is 0.0880. The van der Waals surface area contributed by atoms with Crippen LogP contribution < -0.4 is 25.4 Å². The molecule has 15 rings (SSSR count). The molecule has 0 saturated heterocycles. The van der Waals surface area contributed by atoms with Crippen LogP contribution in [0.5, 0.6) is 23.0 Å². The van der Waals surface area contributed by atoms with Gasteiger partial charge >= 0.3 is 0 Å². The molecule has 0 radical (unpaired) electrons. The van der Waals surface area contributed by atoms with Crippen LogP contribution in [0.1, 0.15) is 0 Å². The molecule has 0 aliphatic rings. The number of pyridine rings is 1. The predicted octanol–water partition coefficient (Wildman–Crippen LogP) is 18.9. The summed E-state index contributed by atoms with van der Waals surface area (Å²) in [6, 6.07) is 111. The number of benzene rings is 12. The van der Waals surface area contributed by atoms with E-state index in [4.69, 9.17) is 39.4 Å². The first-order valence-corrected chi connectivity index (χ1v) is 32.6. The molecular formula is C83H57N7O3P+. The molecule has 0 bridgehead atoms. The van der Waals surface area contributed by atoms with Gasteiger partial charge in [-0.1, -0.05) is 206 Å². The van der Waals surface area contributed by atoms with E-state index in [2.05, 4.69) is 102 Å². The molecule has 0 saturated carbocycles. The number of aromatic nitrogens is 7. The van der Waals surface area contributed by atoms with Crippen molar-refractivity contribution in [2.75, 3.05) is 0 Å². The van der Waals surface area contributed by atoms with Gasteiger partial charge in [0, 0.05) is 45.1 Å². The maximum absolute atomic E-state index is 13.4. The molecule has 0 aliphatic carbocycles. The van der Waals surface area contributed by atoms with E-state index in [1.165, 1.54) is 0 Å². The van der Waals surface area contributed by atoms with Crippen molar-refractivity contribution < 1.29 is 14.4 Å². The Kier molecular flexibility index (Phi) is 16.3. The minimum Gasteiger partial charge on any atom is -0.457 e. The van der Waals surface area contributed by atoms with Gasteiger partial charge < -0.3 is 9.47 Å². The number of rotatable bonds is 17. The summed E-state index contributed by atoms with van der Waals surface area (Å²) in [6.45, 7) is 0. The van der Waals surface area contributed by atoms with Crippen LogP contribution in [0, 0.1) is 0 Å². The number of ether oxygens (including phenoxy) is 2. The van der Waals surface area contributed by atoms with Crippen molar-refractivity contribution in [3.05, 3.63) is 340 Å². The monoisotopic (exact) mass is 1230 g/mol. The van der Waals surface area contributed by atoms with Gasteiger partial charge in [-0.3, -0.25) is 4.98 Å². The van der Waals surface area contributed by atoms with Gasteiger partial charge in [-0.25, -0.2) is 34.8 Å². The third-order valence-corrected chi connectivity index (χ3v) is 19.4. The summed E-state index contributed by atoms with van der Waals surface area (Å²) in [7, 11) is -3.16. The smallest absolute Gasteiger partial charge is 0.238 e. The van der Waals surface area contributed by atoms with Crippen LogP contribution in [0.2, 0.25) is 0 Å². The molecule has 10 nitrogen and oxygen atoms in total. The minimum absolute atomic E-state index is 0.531. The van der Waals surface area contributed by atoms with E-state index < -0.39 is 7.49 Å². The lowest BCUT2D eigenvalue weighted by Gasteiger charge is -2.21. The van der Waals surface area contributed by atoms with Gasteiger partial charge in [-0.15, -0.1) is 0 Å². The van der Waals surface area contributed by atoms with Gasteiger partial charge in [-0.2, -0.15) is 0 Å². The summed E-state index contributed by atoms with van der Waals surface area (Å²) < 4.78 is 12.7. The van der Waals surface area contributed by atoms with Crippen molar-refractivity contribution in [3.63, 3.8) is 0 Å². The van der Waals surface area contributed by atoms with Crippen LogP contribution >= 0.6 is 7.49 Å². The van der Waals surface area contributed by atoms with E-state index in [9.17, 15) is 4.89 Å². The Morgan fingerprint density at radius 1 is 0.213 bits per heavy atom. The van der Waals surface area contributed by atoms with Gasteiger partial charge in [0.25, 0.3) is 0 Å². The van der Waals surface area contributed by atoms with E-state index in [0.29, 0.717) is 52.2 Å². The first-order valence-electron chi connectivity index (χ1n) is 30.9. The Morgan fingerprint density at radius 3 is 0.915 bits per heavy atom. The Balaban J connectivity index is 0.655. The third kappa shape index (κ3) is 12.7. The molecule has 3 aromatic heterocycles. The first-order chi connectivity index (χ1) is 46.4. The molecule has 0 amide bonds. The molecule has 0 spiro atoms. The van der Waals surface area contributed by atoms with E-state index in [1.807, 2.05) is 243 Å². The van der Waals surface area contributed by atoms with Gasteiger partial charge in [0.05, 0.1) is 5.69 Å². The maximum Gasteiger partial charge on any atom is 0.238 e. The van der Waals surface area contributed by atoms with Crippen LogP contribution in [0.3, 0.4) is 0 Å². The lowest BCUT2D eigenvalue weighted by molar-refractivity contribution is 0.482. The minimum atomic E-state index is -3.16. The predicted molar refractivity (Wildman–Crippen MR) is 379 cm³/mol. The second kappa shape index (κ2) is 26.3. The van der Waals surface area contributed by atoms with Crippen molar-refractivity contribution in [1.29, 1.82) is 0 Å².